The lowest BCUT2D eigenvalue weighted by Crippen LogP contribution is -1.73. The maximum Gasteiger partial charge on any atom is 0.0195 e. The number of aryl methyl sites for hydroxylation is 1. The van der Waals surface area contributed by atoms with E-state index in [-0.39, 0.29) is 0 Å². The molecule has 0 radical (unpaired) electrons. The van der Waals surface area contributed by atoms with Gasteiger partial charge in [-0.3, -0.25) is 0 Å². The molecule has 1 aromatic carbocycles. The Morgan fingerprint density at radius 3 is 1.82 bits per heavy atom. The van der Waals surface area contributed by atoms with Crippen molar-refractivity contribution in [1.82, 2.24) is 0 Å². The lowest BCUT2D eigenvalue weighted by atomic mass is 10.2. The molecule has 0 aliphatic rings. The van der Waals surface area contributed by atoms with E-state index in [2.05, 4.69) is 31.2 Å². The average Bonchev–Trinajstić information content (AvgIpc) is 2.08. The fraction of sp³-hybridized carbons (Fsp3) is 0.400. The molecule has 0 unspecified atom stereocenters. The van der Waals surface area contributed by atoms with Crippen molar-refractivity contribution in [2.45, 2.75) is 20.3 Å². The van der Waals surface area contributed by atoms with Crippen molar-refractivity contribution < 1.29 is 0 Å². The van der Waals surface area contributed by atoms with Gasteiger partial charge in [-0.25, -0.2) is 0 Å². The van der Waals surface area contributed by atoms with Gasteiger partial charge in [0.15, 0.2) is 0 Å². The topological polar surface area (TPSA) is 0 Å². The van der Waals surface area contributed by atoms with Crippen LogP contribution in [0.2, 0.25) is 0 Å². The molecule has 0 saturated carbocycles. The van der Waals surface area contributed by atoms with E-state index in [1.165, 1.54) is 5.56 Å². The van der Waals surface area contributed by atoms with Gasteiger partial charge in [0.25, 0.3) is 0 Å². The van der Waals surface area contributed by atoms with Crippen LogP contribution in [0.1, 0.15) is 19.4 Å². The SMILES string of the molecule is CCCl.CCc1ccccc1. The van der Waals surface area contributed by atoms with Crippen LogP contribution in [0.15, 0.2) is 30.3 Å². The highest BCUT2D eigenvalue weighted by Crippen LogP contribution is 1.96. The number of hydrogen-bond acceptors (Lipinski definition) is 0. The van der Waals surface area contributed by atoms with Gasteiger partial charge in [-0.2, -0.15) is 0 Å². The minimum absolute atomic E-state index is 0.722. The summed E-state index contributed by atoms with van der Waals surface area (Å²) in [6.45, 7) is 4.05. The van der Waals surface area contributed by atoms with Crippen LogP contribution in [0.3, 0.4) is 0 Å². The van der Waals surface area contributed by atoms with Gasteiger partial charge in [-0.05, 0) is 12.0 Å². The molecule has 0 aliphatic heterocycles. The molecule has 0 atom stereocenters. The highest BCUT2D eigenvalue weighted by atomic mass is 35.5. The second kappa shape index (κ2) is 7.62. The van der Waals surface area contributed by atoms with Crippen LogP contribution in [0.25, 0.3) is 0 Å². The van der Waals surface area contributed by atoms with E-state index in [9.17, 15) is 0 Å². The molecule has 1 heteroatoms. The van der Waals surface area contributed by atoms with E-state index < -0.39 is 0 Å². The Labute approximate surface area is 74.2 Å². The van der Waals surface area contributed by atoms with E-state index in [0.29, 0.717) is 0 Å². The van der Waals surface area contributed by atoms with Gasteiger partial charge in [0.2, 0.25) is 0 Å². The summed E-state index contributed by atoms with van der Waals surface area (Å²) in [5.74, 6) is 0.722. The van der Waals surface area contributed by atoms with Crippen molar-refractivity contribution in [2.24, 2.45) is 0 Å². The van der Waals surface area contributed by atoms with Crippen LogP contribution in [-0.2, 0) is 6.42 Å². The molecule has 0 bridgehead atoms. The Bertz CT molecular complexity index is 158. The van der Waals surface area contributed by atoms with Gasteiger partial charge in [0.1, 0.15) is 0 Å². The monoisotopic (exact) mass is 170 g/mol. The summed E-state index contributed by atoms with van der Waals surface area (Å²) in [6, 6.07) is 10.5. The first-order chi connectivity index (χ1) is 5.35. The third-order valence-electron chi connectivity index (χ3n) is 1.25. The van der Waals surface area contributed by atoms with Crippen molar-refractivity contribution >= 4 is 11.6 Å². The molecular weight excluding hydrogens is 156 g/mol. The van der Waals surface area contributed by atoms with Crippen molar-refractivity contribution in [1.29, 1.82) is 0 Å². The summed E-state index contributed by atoms with van der Waals surface area (Å²) in [5, 5.41) is 0. The van der Waals surface area contributed by atoms with E-state index in [1.807, 2.05) is 13.0 Å². The molecule has 0 aromatic heterocycles. The summed E-state index contributed by atoms with van der Waals surface area (Å²) in [7, 11) is 0. The first-order valence-electron chi connectivity index (χ1n) is 3.95. The van der Waals surface area contributed by atoms with Gasteiger partial charge >= 0.3 is 0 Å². The molecule has 0 saturated heterocycles. The number of halogens is 1. The van der Waals surface area contributed by atoms with Crippen LogP contribution in [-0.4, -0.2) is 5.88 Å². The van der Waals surface area contributed by atoms with Gasteiger partial charge in [0, 0.05) is 5.88 Å². The maximum absolute atomic E-state index is 5.00. The zero-order chi connectivity index (χ0) is 8.53. The number of rotatable bonds is 1. The molecule has 11 heavy (non-hydrogen) atoms. The Morgan fingerprint density at radius 2 is 1.55 bits per heavy atom. The highest BCUT2D eigenvalue weighted by Gasteiger charge is 1.79. The lowest BCUT2D eigenvalue weighted by Gasteiger charge is -1.89. The van der Waals surface area contributed by atoms with Crippen LogP contribution in [0.5, 0.6) is 0 Å². The highest BCUT2D eigenvalue weighted by molar-refractivity contribution is 6.17. The summed E-state index contributed by atoms with van der Waals surface area (Å²) in [5.41, 5.74) is 1.41. The number of benzene rings is 1. The number of alkyl halides is 1. The van der Waals surface area contributed by atoms with Gasteiger partial charge in [0.05, 0.1) is 0 Å². The Hall–Kier alpha value is -0.490. The van der Waals surface area contributed by atoms with E-state index in [1.54, 1.807) is 0 Å². The summed E-state index contributed by atoms with van der Waals surface area (Å²) in [4.78, 5) is 0. The summed E-state index contributed by atoms with van der Waals surface area (Å²) in [6.07, 6.45) is 1.14. The summed E-state index contributed by atoms with van der Waals surface area (Å²) >= 11 is 5.00. The zero-order valence-electron chi connectivity index (χ0n) is 7.18. The molecular formula is C10H15Cl. The van der Waals surface area contributed by atoms with E-state index in [0.717, 1.165) is 12.3 Å². The Kier molecular flexibility index (Phi) is 7.28. The fourth-order valence-electron chi connectivity index (χ4n) is 0.714. The van der Waals surface area contributed by atoms with Crippen LogP contribution in [0, 0.1) is 0 Å². The predicted molar refractivity (Wildman–Crippen MR) is 52.2 cm³/mol. The molecule has 0 amide bonds. The van der Waals surface area contributed by atoms with Crippen LogP contribution >= 0.6 is 11.6 Å². The maximum atomic E-state index is 5.00. The average molecular weight is 171 g/mol. The Morgan fingerprint density at radius 1 is 1.09 bits per heavy atom. The first-order valence-corrected chi connectivity index (χ1v) is 4.48. The first kappa shape index (κ1) is 10.5. The summed E-state index contributed by atoms with van der Waals surface area (Å²) < 4.78 is 0. The standard InChI is InChI=1S/C8H10.C2H5Cl/c1-2-8-6-4-3-5-7-8;1-2-3/h3-7H,2H2,1H3;2H2,1H3. The third-order valence-corrected chi connectivity index (χ3v) is 1.25. The second-order valence-electron chi connectivity index (χ2n) is 2.11. The normalized spacial score (nSPS) is 8.27. The third kappa shape index (κ3) is 5.93. The minimum Gasteiger partial charge on any atom is -0.127 e. The molecule has 0 fully saturated rings. The van der Waals surface area contributed by atoms with Crippen molar-refractivity contribution in [2.75, 3.05) is 5.88 Å². The Balaban J connectivity index is 0.000000292. The van der Waals surface area contributed by atoms with Crippen molar-refractivity contribution in [3.8, 4) is 0 Å². The molecule has 62 valence electrons. The molecule has 1 rings (SSSR count). The molecule has 0 spiro atoms. The van der Waals surface area contributed by atoms with E-state index in [4.69, 9.17) is 11.6 Å². The second-order valence-corrected chi connectivity index (χ2v) is 2.64. The van der Waals surface area contributed by atoms with Crippen LogP contribution < -0.4 is 0 Å². The number of hydrogen-bond donors (Lipinski definition) is 0. The van der Waals surface area contributed by atoms with E-state index >= 15 is 0 Å². The predicted octanol–water partition coefficient (Wildman–Crippen LogP) is 3.49. The fourth-order valence-corrected chi connectivity index (χ4v) is 0.714. The molecule has 0 nitrogen and oxygen atoms in total. The molecule has 0 N–H and O–H groups in total. The largest absolute Gasteiger partial charge is 0.127 e. The zero-order valence-corrected chi connectivity index (χ0v) is 7.93. The molecule has 1 aromatic rings. The van der Waals surface area contributed by atoms with Crippen molar-refractivity contribution in [3.05, 3.63) is 35.9 Å². The van der Waals surface area contributed by atoms with Crippen molar-refractivity contribution in [3.63, 3.8) is 0 Å². The quantitative estimate of drug-likeness (QED) is 0.566. The van der Waals surface area contributed by atoms with Gasteiger partial charge < -0.3 is 0 Å². The molecule has 0 aliphatic carbocycles. The van der Waals surface area contributed by atoms with Gasteiger partial charge in [-0.1, -0.05) is 44.2 Å². The molecule has 0 heterocycles. The minimum atomic E-state index is 0.722. The lowest BCUT2D eigenvalue weighted by molar-refractivity contribution is 1.14. The van der Waals surface area contributed by atoms with Gasteiger partial charge in [-0.15, -0.1) is 11.6 Å². The smallest absolute Gasteiger partial charge is 0.0195 e. The van der Waals surface area contributed by atoms with Crippen LogP contribution in [0.4, 0.5) is 0 Å².